The minimum Gasteiger partial charge on any atom is -0.399 e. The molecule has 0 amide bonds. The van der Waals surface area contributed by atoms with E-state index in [4.69, 9.17) is 11.5 Å². The van der Waals surface area contributed by atoms with E-state index in [1.807, 2.05) is 36.4 Å². The van der Waals surface area contributed by atoms with Gasteiger partial charge in [-0.15, -0.1) is 0 Å². The Balaban J connectivity index is 2.55. The lowest BCUT2D eigenvalue weighted by molar-refractivity contribution is 0.643. The predicted octanol–water partition coefficient (Wildman–Crippen LogP) is 3.18. The molecule has 2 aromatic rings. The normalized spacial score (nSPS) is 11.4. The Morgan fingerprint density at radius 1 is 0.882 bits per heavy atom. The van der Waals surface area contributed by atoms with E-state index >= 15 is 0 Å². The van der Waals surface area contributed by atoms with E-state index in [2.05, 4.69) is 26.0 Å². The first-order valence-corrected chi connectivity index (χ1v) is 5.73. The maximum absolute atomic E-state index is 6.06. The summed E-state index contributed by atoms with van der Waals surface area (Å²) < 4.78 is 0. The van der Waals surface area contributed by atoms with Gasteiger partial charge in [-0.2, -0.15) is 0 Å². The third-order valence-corrected chi connectivity index (χ3v) is 3.25. The molecule has 2 aromatic carbocycles. The van der Waals surface area contributed by atoms with Crippen molar-refractivity contribution in [3.05, 3.63) is 59.7 Å². The molecule has 0 heterocycles. The molecule has 0 saturated carbocycles. The highest BCUT2D eigenvalue weighted by molar-refractivity contribution is 5.60. The maximum atomic E-state index is 6.06. The lowest BCUT2D eigenvalue weighted by Gasteiger charge is -2.27. The maximum Gasteiger partial charge on any atom is 0.0357 e. The average molecular weight is 226 g/mol. The van der Waals surface area contributed by atoms with E-state index in [0.29, 0.717) is 0 Å². The van der Waals surface area contributed by atoms with E-state index in [-0.39, 0.29) is 5.41 Å². The highest BCUT2D eigenvalue weighted by Crippen LogP contribution is 2.35. The summed E-state index contributed by atoms with van der Waals surface area (Å²) in [5.41, 5.74) is 15.6. The zero-order chi connectivity index (χ0) is 12.5. The van der Waals surface area contributed by atoms with Crippen LogP contribution >= 0.6 is 0 Å². The van der Waals surface area contributed by atoms with Gasteiger partial charge in [-0.1, -0.05) is 44.2 Å². The van der Waals surface area contributed by atoms with Gasteiger partial charge < -0.3 is 11.5 Å². The highest BCUT2D eigenvalue weighted by Gasteiger charge is 2.25. The molecule has 0 atom stereocenters. The summed E-state index contributed by atoms with van der Waals surface area (Å²) in [7, 11) is 0. The lowest BCUT2D eigenvalue weighted by atomic mass is 9.77. The van der Waals surface area contributed by atoms with E-state index < -0.39 is 0 Å². The van der Waals surface area contributed by atoms with Crippen molar-refractivity contribution < 1.29 is 0 Å². The summed E-state index contributed by atoms with van der Waals surface area (Å²) in [5, 5.41) is 0. The minimum atomic E-state index is -0.138. The van der Waals surface area contributed by atoms with Crippen LogP contribution in [0.3, 0.4) is 0 Å². The molecule has 0 bridgehead atoms. The molecule has 4 N–H and O–H groups in total. The quantitative estimate of drug-likeness (QED) is 0.773. The monoisotopic (exact) mass is 226 g/mol. The average Bonchev–Trinajstić information content (AvgIpc) is 2.33. The molecule has 0 aliphatic heterocycles. The molecule has 0 radical (unpaired) electrons. The van der Waals surface area contributed by atoms with Crippen LogP contribution in [-0.4, -0.2) is 0 Å². The molecule has 17 heavy (non-hydrogen) atoms. The van der Waals surface area contributed by atoms with E-state index in [0.717, 1.165) is 16.9 Å². The number of nitrogens with two attached hydrogens (primary N) is 2. The number of nitrogen functional groups attached to an aromatic ring is 2. The Labute approximate surface area is 102 Å². The predicted molar refractivity (Wildman–Crippen MR) is 73.8 cm³/mol. The van der Waals surface area contributed by atoms with Crippen molar-refractivity contribution >= 4 is 11.4 Å². The molecule has 0 aliphatic rings. The van der Waals surface area contributed by atoms with Crippen LogP contribution in [0.2, 0.25) is 0 Å². The smallest absolute Gasteiger partial charge is 0.0357 e. The molecule has 2 rings (SSSR count). The molecule has 0 aliphatic carbocycles. The third-order valence-electron chi connectivity index (χ3n) is 3.25. The van der Waals surface area contributed by atoms with Gasteiger partial charge in [0, 0.05) is 16.8 Å². The summed E-state index contributed by atoms with van der Waals surface area (Å²) in [6.07, 6.45) is 0. The topological polar surface area (TPSA) is 52.0 Å². The van der Waals surface area contributed by atoms with Crippen LogP contribution in [0.4, 0.5) is 11.4 Å². The summed E-state index contributed by atoms with van der Waals surface area (Å²) >= 11 is 0. The largest absolute Gasteiger partial charge is 0.399 e. The molecule has 0 fully saturated rings. The van der Waals surface area contributed by atoms with E-state index in [1.165, 1.54) is 5.56 Å². The van der Waals surface area contributed by atoms with Gasteiger partial charge in [0.2, 0.25) is 0 Å². The molecule has 2 heteroatoms. The van der Waals surface area contributed by atoms with Crippen molar-refractivity contribution in [2.75, 3.05) is 11.5 Å². The van der Waals surface area contributed by atoms with Crippen LogP contribution in [0.1, 0.15) is 25.0 Å². The molecule has 0 spiro atoms. The lowest BCUT2D eigenvalue weighted by Crippen LogP contribution is -2.20. The zero-order valence-electron chi connectivity index (χ0n) is 10.3. The summed E-state index contributed by atoms with van der Waals surface area (Å²) in [6.45, 7) is 4.32. The summed E-state index contributed by atoms with van der Waals surface area (Å²) in [5.74, 6) is 0. The van der Waals surface area contributed by atoms with Gasteiger partial charge in [-0.25, -0.2) is 0 Å². The Kier molecular flexibility index (Phi) is 2.80. The molecule has 0 unspecified atom stereocenters. The SMILES string of the molecule is CC(C)(c1ccccc1)c1cc(N)ccc1N. The first-order valence-electron chi connectivity index (χ1n) is 5.73. The van der Waals surface area contributed by atoms with Crippen LogP contribution < -0.4 is 11.5 Å². The van der Waals surface area contributed by atoms with Crippen molar-refractivity contribution in [3.8, 4) is 0 Å². The highest BCUT2D eigenvalue weighted by atomic mass is 14.6. The van der Waals surface area contributed by atoms with Crippen molar-refractivity contribution in [1.29, 1.82) is 0 Å². The Bertz CT molecular complexity index is 516. The summed E-state index contributed by atoms with van der Waals surface area (Å²) in [4.78, 5) is 0. The van der Waals surface area contributed by atoms with Crippen molar-refractivity contribution in [3.63, 3.8) is 0 Å². The van der Waals surface area contributed by atoms with Gasteiger partial charge in [0.1, 0.15) is 0 Å². The van der Waals surface area contributed by atoms with Crippen LogP contribution in [0, 0.1) is 0 Å². The Morgan fingerprint density at radius 3 is 2.18 bits per heavy atom. The Hall–Kier alpha value is -1.96. The van der Waals surface area contributed by atoms with Gasteiger partial charge in [0.25, 0.3) is 0 Å². The molecule has 2 nitrogen and oxygen atoms in total. The molecular weight excluding hydrogens is 208 g/mol. The van der Waals surface area contributed by atoms with Crippen LogP contribution in [0.25, 0.3) is 0 Å². The van der Waals surface area contributed by atoms with Crippen LogP contribution in [0.5, 0.6) is 0 Å². The zero-order valence-corrected chi connectivity index (χ0v) is 10.3. The molecule has 0 aromatic heterocycles. The number of rotatable bonds is 2. The third kappa shape index (κ3) is 2.11. The second kappa shape index (κ2) is 4.13. The first kappa shape index (κ1) is 11.5. The minimum absolute atomic E-state index is 0.138. The fourth-order valence-electron chi connectivity index (χ4n) is 2.13. The van der Waals surface area contributed by atoms with Crippen LogP contribution in [-0.2, 0) is 5.41 Å². The van der Waals surface area contributed by atoms with Crippen LogP contribution in [0.15, 0.2) is 48.5 Å². The van der Waals surface area contributed by atoms with Crippen molar-refractivity contribution in [2.45, 2.75) is 19.3 Å². The van der Waals surface area contributed by atoms with Gasteiger partial charge in [-0.05, 0) is 29.3 Å². The van der Waals surface area contributed by atoms with E-state index in [9.17, 15) is 0 Å². The second-order valence-electron chi connectivity index (χ2n) is 4.84. The number of hydrogen-bond donors (Lipinski definition) is 2. The standard InChI is InChI=1S/C15H18N2/c1-15(2,11-6-4-3-5-7-11)13-10-12(16)8-9-14(13)17/h3-10H,16-17H2,1-2H3. The van der Waals surface area contributed by atoms with Gasteiger partial charge in [0.05, 0.1) is 0 Å². The van der Waals surface area contributed by atoms with Gasteiger partial charge >= 0.3 is 0 Å². The van der Waals surface area contributed by atoms with E-state index in [1.54, 1.807) is 0 Å². The number of hydrogen-bond acceptors (Lipinski definition) is 2. The van der Waals surface area contributed by atoms with Gasteiger partial charge in [0.15, 0.2) is 0 Å². The molecule has 0 saturated heterocycles. The fraction of sp³-hybridized carbons (Fsp3) is 0.200. The second-order valence-corrected chi connectivity index (χ2v) is 4.84. The molecule has 88 valence electrons. The first-order chi connectivity index (χ1) is 8.01. The van der Waals surface area contributed by atoms with Crippen molar-refractivity contribution in [2.24, 2.45) is 0 Å². The molecular formula is C15H18N2. The fourth-order valence-corrected chi connectivity index (χ4v) is 2.13. The van der Waals surface area contributed by atoms with Crippen molar-refractivity contribution in [1.82, 2.24) is 0 Å². The Morgan fingerprint density at radius 2 is 1.53 bits per heavy atom. The van der Waals surface area contributed by atoms with Gasteiger partial charge in [-0.3, -0.25) is 0 Å². The number of anilines is 2. The number of benzene rings is 2. The summed E-state index contributed by atoms with van der Waals surface area (Å²) in [6, 6.07) is 16.0.